The van der Waals surface area contributed by atoms with E-state index < -0.39 is 11.8 Å². The first-order valence-corrected chi connectivity index (χ1v) is 8.86. The average molecular weight is 398 g/mol. The van der Waals surface area contributed by atoms with Gasteiger partial charge in [-0.15, -0.1) is 0 Å². The first kappa shape index (κ1) is 20.1. The molecule has 150 valence electrons. The summed E-state index contributed by atoms with van der Waals surface area (Å²) in [4.78, 5) is 27.7. The third-order valence-electron chi connectivity index (χ3n) is 3.95. The third-order valence-corrected chi connectivity index (χ3v) is 3.95. The predicted octanol–water partition coefficient (Wildman–Crippen LogP) is 2.69. The van der Waals surface area contributed by atoms with Crippen LogP contribution < -0.4 is 14.8 Å². The second-order valence-corrected chi connectivity index (χ2v) is 5.97. The highest BCUT2D eigenvalue weighted by Crippen LogP contribution is 2.30. The molecule has 0 radical (unpaired) electrons. The molecule has 1 amide bonds. The molecule has 0 aromatic heterocycles. The summed E-state index contributed by atoms with van der Waals surface area (Å²) in [5.74, 6) is -0.786. The minimum atomic E-state index is -0.682. The van der Waals surface area contributed by atoms with Crippen LogP contribution in [0.25, 0.3) is 6.08 Å². The molecule has 3 rings (SSSR count). The Labute approximate surface area is 166 Å². The van der Waals surface area contributed by atoms with Crippen LogP contribution in [0.5, 0.6) is 11.5 Å². The van der Waals surface area contributed by atoms with Crippen LogP contribution in [-0.2, 0) is 14.3 Å². The molecular weight excluding hydrogens is 379 g/mol. The Balaban J connectivity index is 1.81. The van der Waals surface area contributed by atoms with Gasteiger partial charge < -0.3 is 19.5 Å². The van der Waals surface area contributed by atoms with Crippen molar-refractivity contribution < 1.29 is 28.2 Å². The Morgan fingerprint density at radius 1 is 1.24 bits per heavy atom. The van der Waals surface area contributed by atoms with Crippen LogP contribution in [0, 0.1) is 5.82 Å². The number of rotatable bonds is 7. The number of benzene rings is 2. The number of carbonyl (C=O) groups excluding carboxylic acids is 2. The van der Waals surface area contributed by atoms with E-state index >= 15 is 0 Å². The Morgan fingerprint density at radius 3 is 2.76 bits per heavy atom. The van der Waals surface area contributed by atoms with Crippen LogP contribution in [0.15, 0.2) is 53.2 Å². The molecule has 0 bridgehead atoms. The Bertz CT molecular complexity index is 1000. The highest BCUT2D eigenvalue weighted by molar-refractivity contribution is 6.12. The molecule has 1 N–H and O–H groups in total. The summed E-state index contributed by atoms with van der Waals surface area (Å²) < 4.78 is 29.7. The summed E-state index contributed by atoms with van der Waals surface area (Å²) in [6.07, 6.45) is 1.49. The predicted molar refractivity (Wildman–Crippen MR) is 104 cm³/mol. The number of nitrogens with one attached hydrogen (secondary N) is 1. The van der Waals surface area contributed by atoms with E-state index in [1.165, 1.54) is 31.4 Å². The van der Waals surface area contributed by atoms with Gasteiger partial charge in [0.2, 0.25) is 5.90 Å². The van der Waals surface area contributed by atoms with E-state index in [1.54, 1.807) is 24.3 Å². The maximum absolute atomic E-state index is 13.9. The summed E-state index contributed by atoms with van der Waals surface area (Å²) in [6, 6.07) is 10.8. The monoisotopic (exact) mass is 398 g/mol. The minimum Gasteiger partial charge on any atom is -0.493 e. The van der Waals surface area contributed by atoms with Gasteiger partial charge in [-0.2, -0.15) is 0 Å². The van der Waals surface area contributed by atoms with Gasteiger partial charge in [-0.25, -0.2) is 14.2 Å². The van der Waals surface area contributed by atoms with Gasteiger partial charge in [-0.3, -0.25) is 4.79 Å². The van der Waals surface area contributed by atoms with E-state index in [-0.39, 0.29) is 29.7 Å². The Kier molecular flexibility index (Phi) is 6.23. The lowest BCUT2D eigenvalue weighted by Crippen LogP contribution is -2.28. The molecule has 0 spiro atoms. The zero-order chi connectivity index (χ0) is 20.8. The van der Waals surface area contributed by atoms with Crippen LogP contribution in [0.2, 0.25) is 0 Å². The zero-order valence-corrected chi connectivity index (χ0v) is 15.9. The fourth-order valence-corrected chi connectivity index (χ4v) is 2.60. The van der Waals surface area contributed by atoms with E-state index in [0.717, 1.165) is 0 Å². The van der Waals surface area contributed by atoms with E-state index in [9.17, 15) is 14.0 Å². The minimum absolute atomic E-state index is 0.0290. The molecule has 7 nitrogen and oxygen atoms in total. The molecular formula is C21H19FN2O5. The lowest BCUT2D eigenvalue weighted by atomic mass is 10.1. The number of aliphatic imine (C=N–C) groups is 1. The topological polar surface area (TPSA) is 86.2 Å². The molecule has 0 fully saturated rings. The van der Waals surface area contributed by atoms with Gasteiger partial charge in [0.15, 0.2) is 23.8 Å². The van der Waals surface area contributed by atoms with E-state index in [1.807, 2.05) is 6.92 Å². The zero-order valence-electron chi connectivity index (χ0n) is 15.9. The van der Waals surface area contributed by atoms with Crippen LogP contribution >= 0.6 is 0 Å². The highest BCUT2D eigenvalue weighted by Gasteiger charge is 2.26. The van der Waals surface area contributed by atoms with Gasteiger partial charge in [0.25, 0.3) is 5.91 Å². The molecule has 0 atom stereocenters. The normalized spacial score (nSPS) is 14.4. The first-order valence-electron chi connectivity index (χ1n) is 8.86. The van der Waals surface area contributed by atoms with Crippen LogP contribution in [0.4, 0.5) is 4.39 Å². The van der Waals surface area contributed by atoms with E-state index in [4.69, 9.17) is 14.2 Å². The molecule has 1 heterocycles. The van der Waals surface area contributed by atoms with Crippen molar-refractivity contribution in [2.24, 2.45) is 4.99 Å². The number of nitrogens with zero attached hydrogens (tertiary/aromatic N) is 1. The van der Waals surface area contributed by atoms with Crippen LogP contribution in [0.3, 0.4) is 0 Å². The molecule has 0 saturated heterocycles. The molecule has 8 heteroatoms. The lowest BCUT2D eigenvalue weighted by Gasteiger charge is -2.11. The van der Waals surface area contributed by atoms with Crippen molar-refractivity contribution >= 4 is 23.9 Å². The highest BCUT2D eigenvalue weighted by atomic mass is 19.1. The van der Waals surface area contributed by atoms with Crippen molar-refractivity contribution in [2.75, 3.05) is 20.3 Å². The van der Waals surface area contributed by atoms with Gasteiger partial charge in [0.05, 0.1) is 12.7 Å². The second-order valence-electron chi connectivity index (χ2n) is 5.97. The Morgan fingerprint density at radius 2 is 2.03 bits per heavy atom. The number of carbonyl (C=O) groups is 2. The fourth-order valence-electron chi connectivity index (χ4n) is 2.60. The van der Waals surface area contributed by atoms with Crippen molar-refractivity contribution in [3.8, 4) is 11.5 Å². The Hall–Kier alpha value is -3.68. The number of amides is 1. The number of hydrogen-bond donors (Lipinski definition) is 1. The smallest absolute Gasteiger partial charge is 0.363 e. The van der Waals surface area contributed by atoms with Crippen molar-refractivity contribution in [3.05, 3.63) is 65.1 Å². The summed E-state index contributed by atoms with van der Waals surface area (Å²) in [7, 11) is 1.46. The van der Waals surface area contributed by atoms with Crippen molar-refractivity contribution in [1.82, 2.24) is 5.32 Å². The number of methoxy groups -OCH3 is 1. The van der Waals surface area contributed by atoms with Gasteiger partial charge in [-0.05, 0) is 42.8 Å². The largest absolute Gasteiger partial charge is 0.493 e. The molecule has 2 aromatic rings. The molecule has 0 aliphatic carbocycles. The summed E-state index contributed by atoms with van der Waals surface area (Å²) in [6.45, 7) is 2.18. The SMILES string of the molecule is CCNC(=O)COc1ccc(/C=C2\N=C(c3ccccc3F)OC2=O)cc1OC. The molecule has 1 aliphatic heterocycles. The standard InChI is InChI=1S/C21H19FN2O5/c1-3-23-19(25)12-28-17-9-8-13(11-18(17)27-2)10-16-21(26)29-20(24-16)14-6-4-5-7-15(14)22/h4-11H,3,12H2,1-2H3,(H,23,25)/b16-10-. The maximum Gasteiger partial charge on any atom is 0.363 e. The van der Waals surface area contributed by atoms with Crippen molar-refractivity contribution in [3.63, 3.8) is 0 Å². The van der Waals surface area contributed by atoms with Gasteiger partial charge >= 0.3 is 5.97 Å². The van der Waals surface area contributed by atoms with E-state index in [0.29, 0.717) is 23.6 Å². The van der Waals surface area contributed by atoms with Crippen LogP contribution in [0.1, 0.15) is 18.1 Å². The summed E-state index contributed by atoms with van der Waals surface area (Å²) in [5.41, 5.74) is 0.731. The summed E-state index contributed by atoms with van der Waals surface area (Å²) in [5, 5.41) is 2.63. The van der Waals surface area contributed by atoms with Gasteiger partial charge in [0.1, 0.15) is 5.82 Å². The fraction of sp³-hybridized carbons (Fsp3) is 0.190. The quantitative estimate of drug-likeness (QED) is 0.573. The van der Waals surface area contributed by atoms with E-state index in [2.05, 4.69) is 10.3 Å². The van der Waals surface area contributed by atoms with Gasteiger partial charge in [-0.1, -0.05) is 18.2 Å². The number of likely N-dealkylation sites (N-methyl/N-ethyl adjacent to an activating group) is 1. The van der Waals surface area contributed by atoms with Crippen LogP contribution in [-0.4, -0.2) is 38.0 Å². The number of halogens is 1. The molecule has 1 aliphatic rings. The molecule has 2 aromatic carbocycles. The average Bonchev–Trinajstić information content (AvgIpc) is 3.07. The summed E-state index contributed by atoms with van der Waals surface area (Å²) >= 11 is 0. The number of cyclic esters (lactones) is 1. The number of ether oxygens (including phenoxy) is 3. The number of esters is 1. The van der Waals surface area contributed by atoms with Gasteiger partial charge in [0, 0.05) is 6.54 Å². The third kappa shape index (κ3) is 4.78. The maximum atomic E-state index is 13.9. The molecule has 0 unspecified atom stereocenters. The second kappa shape index (κ2) is 9.01. The first-order chi connectivity index (χ1) is 14.0. The van der Waals surface area contributed by atoms with Crippen molar-refractivity contribution in [1.29, 1.82) is 0 Å². The lowest BCUT2D eigenvalue weighted by molar-refractivity contribution is -0.130. The molecule has 29 heavy (non-hydrogen) atoms. The van der Waals surface area contributed by atoms with Crippen molar-refractivity contribution in [2.45, 2.75) is 6.92 Å². The molecule has 0 saturated carbocycles. The number of hydrogen-bond acceptors (Lipinski definition) is 6.